The minimum absolute atomic E-state index is 0.202. The van der Waals surface area contributed by atoms with Crippen LogP contribution in [0.5, 0.6) is 0 Å². The third-order valence-corrected chi connectivity index (χ3v) is 2.67. The molecule has 5 nitrogen and oxygen atoms in total. The Morgan fingerprint density at radius 2 is 2.00 bits per heavy atom. The lowest BCUT2D eigenvalue weighted by molar-refractivity contribution is -0.137. The number of nitrogens with zero attached hydrogens (tertiary/aromatic N) is 2. The van der Waals surface area contributed by atoms with Gasteiger partial charge >= 0.3 is 5.97 Å². The molecule has 0 fully saturated rings. The predicted octanol–water partition coefficient (Wildman–Crippen LogP) is 1.77. The molecule has 1 aromatic heterocycles. The molecule has 1 aromatic rings. The smallest absolute Gasteiger partial charge is 0.303 e. The average Bonchev–Trinajstić information content (AvgIpc) is 2.69. The Balaban J connectivity index is 2.21. The number of aryl methyl sites for hydroxylation is 2. The van der Waals surface area contributed by atoms with Crippen molar-refractivity contribution < 1.29 is 14.3 Å². The van der Waals surface area contributed by atoms with Crippen molar-refractivity contribution in [3.05, 3.63) is 11.8 Å². The molecule has 16 heavy (non-hydrogen) atoms. The maximum atomic E-state index is 10.3. The van der Waals surface area contributed by atoms with Crippen molar-refractivity contribution in [2.45, 2.75) is 32.1 Å². The van der Waals surface area contributed by atoms with Gasteiger partial charge in [0.15, 0.2) is 0 Å². The lowest BCUT2D eigenvalue weighted by atomic mass is 10.2. The summed E-state index contributed by atoms with van der Waals surface area (Å²) in [6, 6.07) is 0. The summed E-state index contributed by atoms with van der Waals surface area (Å²) in [5, 5.41) is 16.3. The number of thioether (sulfide) groups is 1. The third kappa shape index (κ3) is 5.16. The molecule has 90 valence electrons. The van der Waals surface area contributed by atoms with Crippen LogP contribution in [0.1, 0.15) is 31.0 Å². The van der Waals surface area contributed by atoms with Gasteiger partial charge in [0.2, 0.25) is 11.8 Å². The van der Waals surface area contributed by atoms with E-state index in [2.05, 4.69) is 10.2 Å². The molecule has 1 N–H and O–H groups in total. The highest BCUT2D eigenvalue weighted by molar-refractivity contribution is 7.98. The minimum Gasteiger partial charge on any atom is -0.481 e. The standard InChI is InChI=1S/C10H16N2O3S/c1-16-7-6-9-12-11-8(15-9)4-2-3-5-10(13)14/h2-7H2,1H3,(H,13,14). The molecule has 0 aliphatic carbocycles. The van der Waals surface area contributed by atoms with Gasteiger partial charge in [0, 0.05) is 25.0 Å². The van der Waals surface area contributed by atoms with Crippen molar-refractivity contribution in [3.8, 4) is 0 Å². The Morgan fingerprint density at radius 3 is 2.62 bits per heavy atom. The number of carboxylic acids is 1. The molecule has 0 radical (unpaired) electrons. The minimum atomic E-state index is -0.758. The number of carbonyl (C=O) groups is 1. The molecule has 0 aliphatic heterocycles. The number of rotatable bonds is 8. The second kappa shape index (κ2) is 7.27. The van der Waals surface area contributed by atoms with E-state index in [9.17, 15) is 4.79 Å². The summed E-state index contributed by atoms with van der Waals surface area (Å²) in [5.41, 5.74) is 0. The maximum Gasteiger partial charge on any atom is 0.303 e. The molecule has 1 rings (SSSR count). The van der Waals surface area contributed by atoms with Crippen LogP contribution >= 0.6 is 11.8 Å². The molecular weight excluding hydrogens is 228 g/mol. The highest BCUT2D eigenvalue weighted by atomic mass is 32.2. The monoisotopic (exact) mass is 244 g/mol. The summed E-state index contributed by atoms with van der Waals surface area (Å²) in [4.78, 5) is 10.3. The van der Waals surface area contributed by atoms with Gasteiger partial charge in [0.05, 0.1) is 0 Å². The summed E-state index contributed by atoms with van der Waals surface area (Å²) >= 11 is 1.74. The Kier molecular flexibility index (Phi) is 5.92. The van der Waals surface area contributed by atoms with Gasteiger partial charge in [-0.05, 0) is 19.1 Å². The van der Waals surface area contributed by atoms with Crippen LogP contribution in [0, 0.1) is 0 Å². The summed E-state index contributed by atoms with van der Waals surface area (Å²) in [5.74, 6) is 1.50. The molecule has 0 aliphatic rings. The van der Waals surface area contributed by atoms with E-state index in [0.717, 1.165) is 18.6 Å². The van der Waals surface area contributed by atoms with Gasteiger partial charge in [-0.15, -0.1) is 10.2 Å². The summed E-state index contributed by atoms with van der Waals surface area (Å²) in [7, 11) is 0. The van der Waals surface area contributed by atoms with Crippen LogP contribution in [-0.4, -0.2) is 33.3 Å². The van der Waals surface area contributed by atoms with Crippen molar-refractivity contribution in [1.29, 1.82) is 0 Å². The Bertz CT molecular complexity index is 328. The summed E-state index contributed by atoms with van der Waals surface area (Å²) in [6.45, 7) is 0. The first-order valence-electron chi connectivity index (χ1n) is 5.24. The van der Waals surface area contributed by atoms with Crippen molar-refractivity contribution in [1.82, 2.24) is 10.2 Å². The van der Waals surface area contributed by atoms with Crippen molar-refractivity contribution in [3.63, 3.8) is 0 Å². The molecule has 0 bridgehead atoms. The maximum absolute atomic E-state index is 10.3. The van der Waals surface area contributed by atoms with E-state index in [-0.39, 0.29) is 6.42 Å². The van der Waals surface area contributed by atoms with E-state index in [1.807, 2.05) is 6.26 Å². The van der Waals surface area contributed by atoms with E-state index in [1.54, 1.807) is 11.8 Å². The number of carboxylic acid groups (broad SMARTS) is 1. The normalized spacial score (nSPS) is 10.6. The largest absolute Gasteiger partial charge is 0.481 e. The Labute approximate surface area is 98.6 Å². The van der Waals surface area contributed by atoms with Gasteiger partial charge in [0.25, 0.3) is 0 Å². The Morgan fingerprint density at radius 1 is 1.31 bits per heavy atom. The zero-order valence-corrected chi connectivity index (χ0v) is 10.1. The van der Waals surface area contributed by atoms with Gasteiger partial charge in [-0.25, -0.2) is 0 Å². The van der Waals surface area contributed by atoms with Crippen LogP contribution in [0.2, 0.25) is 0 Å². The number of aliphatic carboxylic acids is 1. The molecule has 1 heterocycles. The molecule has 0 atom stereocenters. The first-order chi connectivity index (χ1) is 7.72. The average molecular weight is 244 g/mol. The highest BCUT2D eigenvalue weighted by Crippen LogP contribution is 2.08. The molecule has 0 aromatic carbocycles. The van der Waals surface area contributed by atoms with Crippen LogP contribution in [-0.2, 0) is 17.6 Å². The Hall–Kier alpha value is -1.04. The van der Waals surface area contributed by atoms with Gasteiger partial charge in [-0.2, -0.15) is 11.8 Å². The van der Waals surface area contributed by atoms with E-state index >= 15 is 0 Å². The number of hydrogen-bond donors (Lipinski definition) is 1. The predicted molar refractivity (Wildman–Crippen MR) is 61.6 cm³/mol. The first kappa shape index (κ1) is 13.0. The van der Waals surface area contributed by atoms with E-state index in [1.165, 1.54) is 0 Å². The molecule has 0 unspecified atom stereocenters. The number of aromatic nitrogens is 2. The van der Waals surface area contributed by atoms with E-state index in [4.69, 9.17) is 9.52 Å². The molecular formula is C10H16N2O3S. The van der Waals surface area contributed by atoms with Gasteiger partial charge in [-0.3, -0.25) is 4.79 Å². The molecule has 0 saturated carbocycles. The lowest BCUT2D eigenvalue weighted by Gasteiger charge is -1.94. The second-order valence-electron chi connectivity index (χ2n) is 3.43. The van der Waals surface area contributed by atoms with E-state index in [0.29, 0.717) is 24.6 Å². The first-order valence-corrected chi connectivity index (χ1v) is 6.63. The van der Waals surface area contributed by atoms with Crippen LogP contribution in [0.25, 0.3) is 0 Å². The van der Waals surface area contributed by atoms with E-state index < -0.39 is 5.97 Å². The van der Waals surface area contributed by atoms with Gasteiger partial charge < -0.3 is 9.52 Å². The van der Waals surface area contributed by atoms with Crippen molar-refractivity contribution in [2.24, 2.45) is 0 Å². The quantitative estimate of drug-likeness (QED) is 0.702. The molecule has 0 saturated heterocycles. The summed E-state index contributed by atoms with van der Waals surface area (Å²) < 4.78 is 5.41. The van der Waals surface area contributed by atoms with Gasteiger partial charge in [0.1, 0.15) is 0 Å². The fourth-order valence-corrected chi connectivity index (χ4v) is 1.61. The van der Waals surface area contributed by atoms with Crippen molar-refractivity contribution in [2.75, 3.05) is 12.0 Å². The zero-order chi connectivity index (χ0) is 11.8. The number of hydrogen-bond acceptors (Lipinski definition) is 5. The molecule has 0 spiro atoms. The fraction of sp³-hybridized carbons (Fsp3) is 0.700. The topological polar surface area (TPSA) is 76.2 Å². The van der Waals surface area contributed by atoms with Crippen LogP contribution in [0.3, 0.4) is 0 Å². The van der Waals surface area contributed by atoms with Crippen LogP contribution in [0.15, 0.2) is 4.42 Å². The third-order valence-electron chi connectivity index (χ3n) is 2.06. The molecule has 6 heteroatoms. The van der Waals surface area contributed by atoms with Crippen molar-refractivity contribution >= 4 is 17.7 Å². The number of unbranched alkanes of at least 4 members (excludes halogenated alkanes) is 1. The summed E-state index contributed by atoms with van der Waals surface area (Å²) in [6.07, 6.45) is 5.12. The highest BCUT2D eigenvalue weighted by Gasteiger charge is 2.05. The van der Waals surface area contributed by atoms with Crippen LogP contribution in [0.4, 0.5) is 0 Å². The second-order valence-corrected chi connectivity index (χ2v) is 4.42. The van der Waals surface area contributed by atoms with Gasteiger partial charge in [-0.1, -0.05) is 0 Å². The zero-order valence-electron chi connectivity index (χ0n) is 9.31. The van der Waals surface area contributed by atoms with Crippen LogP contribution < -0.4 is 0 Å². The fourth-order valence-electron chi connectivity index (χ4n) is 1.23. The lowest BCUT2D eigenvalue weighted by Crippen LogP contribution is -1.95. The SMILES string of the molecule is CSCCc1nnc(CCCCC(=O)O)o1. The molecule has 0 amide bonds.